The molecule has 0 unspecified atom stereocenters. The Labute approximate surface area is 148 Å². The highest BCUT2D eigenvalue weighted by Gasteiger charge is 2.10. The molecule has 0 aliphatic carbocycles. The van der Waals surface area contributed by atoms with E-state index in [1.807, 2.05) is 60.7 Å². The molecule has 0 aliphatic rings. The van der Waals surface area contributed by atoms with E-state index >= 15 is 0 Å². The minimum atomic E-state index is -0.0246. The van der Waals surface area contributed by atoms with Crippen LogP contribution in [0.1, 0.15) is 11.1 Å². The molecular formula is C20H16N2O2S. The highest BCUT2D eigenvalue weighted by molar-refractivity contribution is 7.22. The SMILES string of the molecule is O=c1c2sc(-c3ccccc3)cc2ncn1Cc1ccc(CO)cc1. The third kappa shape index (κ3) is 3.12. The van der Waals surface area contributed by atoms with Crippen LogP contribution in [0, 0.1) is 0 Å². The predicted octanol–water partition coefficient (Wildman–Crippen LogP) is 3.67. The van der Waals surface area contributed by atoms with Crippen LogP contribution in [0.2, 0.25) is 0 Å². The van der Waals surface area contributed by atoms with Crippen LogP contribution in [0.25, 0.3) is 20.7 Å². The van der Waals surface area contributed by atoms with E-state index in [0.29, 0.717) is 11.2 Å². The molecule has 0 spiro atoms. The molecule has 4 rings (SSSR count). The summed E-state index contributed by atoms with van der Waals surface area (Å²) < 4.78 is 2.30. The van der Waals surface area contributed by atoms with E-state index in [-0.39, 0.29) is 12.2 Å². The van der Waals surface area contributed by atoms with Crippen molar-refractivity contribution in [2.45, 2.75) is 13.2 Å². The molecule has 2 aromatic heterocycles. The highest BCUT2D eigenvalue weighted by Crippen LogP contribution is 2.30. The van der Waals surface area contributed by atoms with Crippen LogP contribution in [0.3, 0.4) is 0 Å². The molecule has 0 radical (unpaired) electrons. The predicted molar refractivity (Wildman–Crippen MR) is 101 cm³/mol. The van der Waals surface area contributed by atoms with Gasteiger partial charge in [0.2, 0.25) is 0 Å². The molecule has 0 bridgehead atoms. The fraction of sp³-hybridized carbons (Fsp3) is 0.100. The van der Waals surface area contributed by atoms with E-state index in [4.69, 9.17) is 5.11 Å². The van der Waals surface area contributed by atoms with Gasteiger partial charge in [0.25, 0.3) is 5.56 Å². The van der Waals surface area contributed by atoms with Crippen molar-refractivity contribution >= 4 is 21.6 Å². The summed E-state index contributed by atoms with van der Waals surface area (Å²) in [5.74, 6) is 0. The average Bonchev–Trinajstić information content (AvgIpc) is 3.11. The van der Waals surface area contributed by atoms with Crippen molar-refractivity contribution in [2.24, 2.45) is 0 Å². The molecule has 1 N–H and O–H groups in total. The van der Waals surface area contributed by atoms with E-state index in [9.17, 15) is 4.79 Å². The van der Waals surface area contributed by atoms with Gasteiger partial charge in [-0.05, 0) is 22.8 Å². The van der Waals surface area contributed by atoms with Crippen molar-refractivity contribution in [3.05, 3.63) is 88.5 Å². The summed E-state index contributed by atoms with van der Waals surface area (Å²) in [6.07, 6.45) is 1.60. The molecule has 5 heteroatoms. The summed E-state index contributed by atoms with van der Waals surface area (Å²) in [7, 11) is 0. The zero-order chi connectivity index (χ0) is 17.2. The maximum absolute atomic E-state index is 12.8. The van der Waals surface area contributed by atoms with Gasteiger partial charge in [-0.1, -0.05) is 54.6 Å². The molecule has 0 aliphatic heterocycles. The van der Waals surface area contributed by atoms with Gasteiger partial charge < -0.3 is 5.11 Å². The second-order valence-electron chi connectivity index (χ2n) is 5.84. The number of aliphatic hydroxyl groups excluding tert-OH is 1. The highest BCUT2D eigenvalue weighted by atomic mass is 32.1. The third-order valence-electron chi connectivity index (χ3n) is 4.12. The second kappa shape index (κ2) is 6.63. The number of hydrogen-bond donors (Lipinski definition) is 1. The Kier molecular flexibility index (Phi) is 4.17. The van der Waals surface area contributed by atoms with Gasteiger partial charge in [0.1, 0.15) is 4.70 Å². The smallest absolute Gasteiger partial charge is 0.271 e. The number of fused-ring (bicyclic) bond motifs is 1. The van der Waals surface area contributed by atoms with Crippen molar-refractivity contribution in [3.63, 3.8) is 0 Å². The van der Waals surface area contributed by atoms with Crippen LogP contribution in [0.5, 0.6) is 0 Å². The van der Waals surface area contributed by atoms with Crippen LogP contribution in [-0.4, -0.2) is 14.7 Å². The summed E-state index contributed by atoms with van der Waals surface area (Å²) in [5, 5.41) is 9.11. The minimum absolute atomic E-state index is 0.0190. The Balaban J connectivity index is 1.71. The average molecular weight is 348 g/mol. The molecule has 0 atom stereocenters. The first-order valence-corrected chi connectivity index (χ1v) is 8.79. The second-order valence-corrected chi connectivity index (χ2v) is 6.90. The standard InChI is InChI=1S/C20H16N2O2S/c23-12-15-8-6-14(7-9-15)11-22-13-21-17-10-18(25-19(17)20(22)24)16-4-2-1-3-5-16/h1-10,13,23H,11-12H2. The molecule has 4 nitrogen and oxygen atoms in total. The van der Waals surface area contributed by atoms with Gasteiger partial charge in [0, 0.05) is 4.88 Å². The van der Waals surface area contributed by atoms with Gasteiger partial charge in [-0.15, -0.1) is 11.3 Å². The number of benzene rings is 2. The van der Waals surface area contributed by atoms with E-state index in [0.717, 1.165) is 27.1 Å². The van der Waals surface area contributed by atoms with Crippen LogP contribution >= 0.6 is 11.3 Å². The minimum Gasteiger partial charge on any atom is -0.392 e. The summed E-state index contributed by atoms with van der Waals surface area (Å²) >= 11 is 1.48. The van der Waals surface area contributed by atoms with Gasteiger partial charge in [0.05, 0.1) is 25.0 Å². The molecular weight excluding hydrogens is 332 g/mol. The van der Waals surface area contributed by atoms with Gasteiger partial charge in [-0.3, -0.25) is 9.36 Å². The molecule has 0 saturated carbocycles. The van der Waals surface area contributed by atoms with Crippen molar-refractivity contribution in [2.75, 3.05) is 0 Å². The van der Waals surface area contributed by atoms with E-state index in [1.165, 1.54) is 11.3 Å². The fourth-order valence-corrected chi connectivity index (χ4v) is 3.81. The first-order valence-electron chi connectivity index (χ1n) is 7.97. The molecule has 124 valence electrons. The van der Waals surface area contributed by atoms with Gasteiger partial charge in [0.15, 0.2) is 0 Å². The first kappa shape index (κ1) is 15.7. The van der Waals surface area contributed by atoms with Gasteiger partial charge in [-0.2, -0.15) is 0 Å². The zero-order valence-electron chi connectivity index (χ0n) is 13.4. The lowest BCUT2D eigenvalue weighted by atomic mass is 10.1. The Morgan fingerprint density at radius 1 is 1.00 bits per heavy atom. The lowest BCUT2D eigenvalue weighted by Crippen LogP contribution is -2.20. The zero-order valence-corrected chi connectivity index (χ0v) is 14.2. The number of aliphatic hydroxyl groups is 1. The maximum atomic E-state index is 12.8. The monoisotopic (exact) mass is 348 g/mol. The number of nitrogens with zero attached hydrogens (tertiary/aromatic N) is 2. The molecule has 2 aromatic carbocycles. The number of rotatable bonds is 4. The van der Waals surface area contributed by atoms with Crippen LogP contribution in [-0.2, 0) is 13.2 Å². The Morgan fingerprint density at radius 2 is 1.72 bits per heavy atom. The lowest BCUT2D eigenvalue weighted by Gasteiger charge is -2.06. The van der Waals surface area contributed by atoms with Crippen molar-refractivity contribution < 1.29 is 5.11 Å². The molecule has 25 heavy (non-hydrogen) atoms. The van der Waals surface area contributed by atoms with Crippen LogP contribution < -0.4 is 5.56 Å². The Morgan fingerprint density at radius 3 is 2.44 bits per heavy atom. The molecule has 0 saturated heterocycles. The van der Waals surface area contributed by atoms with Crippen molar-refractivity contribution in [1.29, 1.82) is 0 Å². The summed E-state index contributed by atoms with van der Waals surface area (Å²) in [4.78, 5) is 18.3. The number of aromatic nitrogens is 2. The quantitative estimate of drug-likeness (QED) is 0.612. The van der Waals surface area contributed by atoms with Crippen LogP contribution in [0.15, 0.2) is 71.8 Å². The fourth-order valence-electron chi connectivity index (χ4n) is 2.75. The third-order valence-corrected chi connectivity index (χ3v) is 5.28. The van der Waals surface area contributed by atoms with Crippen molar-refractivity contribution in [3.8, 4) is 10.4 Å². The molecule has 0 fully saturated rings. The lowest BCUT2D eigenvalue weighted by molar-refractivity contribution is 0.282. The maximum Gasteiger partial charge on any atom is 0.271 e. The normalized spacial score (nSPS) is 11.1. The summed E-state index contributed by atoms with van der Waals surface area (Å²) in [5.41, 5.74) is 3.66. The Bertz CT molecular complexity index is 1070. The molecule has 2 heterocycles. The number of thiophene rings is 1. The Hall–Kier alpha value is -2.76. The summed E-state index contributed by atoms with van der Waals surface area (Å²) in [6.45, 7) is 0.483. The van der Waals surface area contributed by atoms with Crippen LogP contribution in [0.4, 0.5) is 0 Å². The first-order chi connectivity index (χ1) is 12.2. The van der Waals surface area contributed by atoms with Crippen molar-refractivity contribution in [1.82, 2.24) is 9.55 Å². The van der Waals surface area contributed by atoms with E-state index < -0.39 is 0 Å². The van der Waals surface area contributed by atoms with E-state index in [2.05, 4.69) is 4.98 Å². The van der Waals surface area contributed by atoms with Gasteiger partial charge in [-0.25, -0.2) is 4.98 Å². The van der Waals surface area contributed by atoms with Gasteiger partial charge >= 0.3 is 0 Å². The number of hydrogen-bond acceptors (Lipinski definition) is 4. The topological polar surface area (TPSA) is 55.1 Å². The molecule has 4 aromatic rings. The molecule has 0 amide bonds. The largest absolute Gasteiger partial charge is 0.392 e. The van der Waals surface area contributed by atoms with E-state index in [1.54, 1.807) is 10.9 Å². The summed E-state index contributed by atoms with van der Waals surface area (Å²) in [6, 6.07) is 19.6.